The highest BCUT2D eigenvalue weighted by molar-refractivity contribution is 5.35. The predicted molar refractivity (Wildman–Crippen MR) is 68.7 cm³/mol. The smallest absolute Gasteiger partial charge is 0.124 e. The van der Waals surface area contributed by atoms with E-state index < -0.39 is 0 Å². The summed E-state index contributed by atoms with van der Waals surface area (Å²) in [5.41, 5.74) is 7.33. The van der Waals surface area contributed by atoms with E-state index in [9.17, 15) is 0 Å². The molecule has 1 atom stereocenters. The number of ether oxygens (including phenoxy) is 1. The summed E-state index contributed by atoms with van der Waals surface area (Å²) in [4.78, 5) is 0. The lowest BCUT2D eigenvalue weighted by Crippen LogP contribution is -2.12. The van der Waals surface area contributed by atoms with Crippen LogP contribution in [0.3, 0.4) is 0 Å². The molecule has 0 amide bonds. The second-order valence-corrected chi connectivity index (χ2v) is 4.07. The molecule has 0 radical (unpaired) electrons. The van der Waals surface area contributed by atoms with Gasteiger partial charge in [0.05, 0.1) is 6.61 Å². The maximum atomic E-state index is 6.19. The fourth-order valence-electron chi connectivity index (χ4n) is 1.84. The van der Waals surface area contributed by atoms with Gasteiger partial charge in [0, 0.05) is 11.6 Å². The zero-order valence-corrected chi connectivity index (χ0v) is 10.4. The van der Waals surface area contributed by atoms with E-state index in [1.54, 1.807) is 0 Å². The molecule has 0 unspecified atom stereocenters. The van der Waals surface area contributed by atoms with E-state index in [0.29, 0.717) is 6.61 Å². The summed E-state index contributed by atoms with van der Waals surface area (Å²) >= 11 is 0. The number of para-hydroxylation sites is 1. The number of benzene rings is 1. The summed E-state index contributed by atoms with van der Waals surface area (Å²) in [5, 5.41) is 0. The number of hydrogen-bond acceptors (Lipinski definition) is 2. The van der Waals surface area contributed by atoms with Gasteiger partial charge in [-0.3, -0.25) is 0 Å². The third-order valence-electron chi connectivity index (χ3n) is 2.74. The minimum absolute atomic E-state index is 0.106. The van der Waals surface area contributed by atoms with Crippen molar-refractivity contribution in [3.05, 3.63) is 29.8 Å². The lowest BCUT2D eigenvalue weighted by molar-refractivity contribution is 0.333. The summed E-state index contributed by atoms with van der Waals surface area (Å²) in [7, 11) is 0. The van der Waals surface area contributed by atoms with E-state index in [4.69, 9.17) is 10.5 Å². The summed E-state index contributed by atoms with van der Waals surface area (Å²) in [6.45, 7) is 4.90. The van der Waals surface area contributed by atoms with Crippen LogP contribution in [0.4, 0.5) is 0 Å². The fourth-order valence-corrected chi connectivity index (χ4v) is 1.84. The van der Waals surface area contributed by atoms with Crippen molar-refractivity contribution >= 4 is 0 Å². The Morgan fingerprint density at radius 1 is 1.19 bits per heavy atom. The van der Waals surface area contributed by atoms with Crippen LogP contribution in [0.5, 0.6) is 5.75 Å². The monoisotopic (exact) mass is 221 g/mol. The predicted octanol–water partition coefficient (Wildman–Crippen LogP) is 3.67. The van der Waals surface area contributed by atoms with E-state index in [0.717, 1.165) is 17.7 Å². The summed E-state index contributed by atoms with van der Waals surface area (Å²) in [5.74, 6) is 0.939. The molecule has 0 spiro atoms. The van der Waals surface area contributed by atoms with Crippen LogP contribution >= 0.6 is 0 Å². The molecule has 0 saturated carbocycles. The molecule has 2 nitrogen and oxygen atoms in total. The van der Waals surface area contributed by atoms with Gasteiger partial charge in [-0.2, -0.15) is 0 Å². The first-order chi connectivity index (χ1) is 7.79. The summed E-state index contributed by atoms with van der Waals surface area (Å²) in [6, 6.07) is 8.19. The molecule has 0 heterocycles. The first-order valence-electron chi connectivity index (χ1n) is 6.26. The molecule has 0 fully saturated rings. The van der Waals surface area contributed by atoms with E-state index in [1.165, 1.54) is 19.3 Å². The number of unbranched alkanes of at least 4 members (excludes halogenated alkanes) is 2. The minimum Gasteiger partial charge on any atom is -0.494 e. The van der Waals surface area contributed by atoms with Crippen LogP contribution in [0.25, 0.3) is 0 Å². The van der Waals surface area contributed by atoms with Crippen molar-refractivity contribution in [1.82, 2.24) is 0 Å². The Morgan fingerprint density at radius 2 is 1.94 bits per heavy atom. The average Bonchev–Trinajstić information content (AvgIpc) is 2.30. The SMILES string of the molecule is CCCCC[C@@H](N)c1ccccc1OCC. The molecule has 2 N–H and O–H groups in total. The van der Waals surface area contributed by atoms with Crippen molar-refractivity contribution < 1.29 is 4.74 Å². The molecule has 90 valence electrons. The molecular weight excluding hydrogens is 198 g/mol. The highest BCUT2D eigenvalue weighted by Crippen LogP contribution is 2.26. The van der Waals surface area contributed by atoms with Gasteiger partial charge in [0.15, 0.2) is 0 Å². The van der Waals surface area contributed by atoms with Crippen molar-refractivity contribution in [2.45, 2.75) is 45.6 Å². The number of rotatable bonds is 7. The molecule has 1 aromatic carbocycles. The molecule has 0 aliphatic rings. The highest BCUT2D eigenvalue weighted by Gasteiger charge is 2.10. The lowest BCUT2D eigenvalue weighted by Gasteiger charge is -2.16. The molecule has 2 heteroatoms. The Morgan fingerprint density at radius 3 is 2.62 bits per heavy atom. The Bertz CT molecular complexity index is 299. The standard InChI is InChI=1S/C14H23NO/c1-3-5-6-10-13(15)12-9-7-8-11-14(12)16-4-2/h7-9,11,13H,3-6,10,15H2,1-2H3/t13-/m1/s1. The third-order valence-corrected chi connectivity index (χ3v) is 2.74. The Hall–Kier alpha value is -1.02. The van der Waals surface area contributed by atoms with Gasteiger partial charge in [-0.1, -0.05) is 44.4 Å². The maximum Gasteiger partial charge on any atom is 0.124 e. The number of nitrogens with two attached hydrogens (primary N) is 1. The molecule has 16 heavy (non-hydrogen) atoms. The molecule has 0 bridgehead atoms. The Balaban J connectivity index is 2.62. The Kier molecular flexibility index (Phi) is 5.94. The third kappa shape index (κ3) is 3.86. The van der Waals surface area contributed by atoms with E-state index in [1.807, 2.05) is 25.1 Å². The molecule has 0 aromatic heterocycles. The van der Waals surface area contributed by atoms with Gasteiger partial charge in [-0.05, 0) is 19.4 Å². The van der Waals surface area contributed by atoms with Crippen LogP contribution in [0.2, 0.25) is 0 Å². The van der Waals surface area contributed by atoms with Crippen molar-refractivity contribution in [3.8, 4) is 5.75 Å². The zero-order valence-electron chi connectivity index (χ0n) is 10.4. The van der Waals surface area contributed by atoms with E-state index in [-0.39, 0.29) is 6.04 Å². The molecule has 1 rings (SSSR count). The summed E-state index contributed by atoms with van der Waals surface area (Å²) in [6.07, 6.45) is 4.72. The normalized spacial score (nSPS) is 12.4. The van der Waals surface area contributed by atoms with E-state index >= 15 is 0 Å². The maximum absolute atomic E-state index is 6.19. The lowest BCUT2D eigenvalue weighted by atomic mass is 10.0. The first kappa shape index (κ1) is 13.0. The van der Waals surface area contributed by atoms with Crippen molar-refractivity contribution in [3.63, 3.8) is 0 Å². The summed E-state index contributed by atoms with van der Waals surface area (Å²) < 4.78 is 5.58. The fraction of sp³-hybridized carbons (Fsp3) is 0.571. The van der Waals surface area contributed by atoms with Crippen LogP contribution in [-0.2, 0) is 0 Å². The van der Waals surface area contributed by atoms with Gasteiger partial charge in [0.1, 0.15) is 5.75 Å². The molecule has 0 saturated heterocycles. The van der Waals surface area contributed by atoms with Crippen LogP contribution in [-0.4, -0.2) is 6.61 Å². The first-order valence-corrected chi connectivity index (χ1v) is 6.26. The molecule has 0 aliphatic heterocycles. The molecule has 1 aromatic rings. The zero-order chi connectivity index (χ0) is 11.8. The van der Waals surface area contributed by atoms with Crippen molar-refractivity contribution in [2.75, 3.05) is 6.61 Å². The Labute approximate surface area is 98.8 Å². The minimum atomic E-state index is 0.106. The van der Waals surface area contributed by atoms with Gasteiger partial charge < -0.3 is 10.5 Å². The van der Waals surface area contributed by atoms with Gasteiger partial charge in [-0.15, -0.1) is 0 Å². The van der Waals surface area contributed by atoms with Gasteiger partial charge in [-0.25, -0.2) is 0 Å². The highest BCUT2D eigenvalue weighted by atomic mass is 16.5. The van der Waals surface area contributed by atoms with Crippen molar-refractivity contribution in [2.24, 2.45) is 5.73 Å². The quantitative estimate of drug-likeness (QED) is 0.713. The van der Waals surface area contributed by atoms with Gasteiger partial charge in [0.25, 0.3) is 0 Å². The largest absolute Gasteiger partial charge is 0.494 e. The van der Waals surface area contributed by atoms with Gasteiger partial charge in [0.2, 0.25) is 0 Å². The topological polar surface area (TPSA) is 35.2 Å². The second-order valence-electron chi connectivity index (χ2n) is 4.07. The molecule has 0 aliphatic carbocycles. The molecular formula is C14H23NO. The number of hydrogen-bond donors (Lipinski definition) is 1. The van der Waals surface area contributed by atoms with E-state index in [2.05, 4.69) is 13.0 Å². The van der Waals surface area contributed by atoms with Crippen LogP contribution in [0.15, 0.2) is 24.3 Å². The second kappa shape index (κ2) is 7.29. The average molecular weight is 221 g/mol. The van der Waals surface area contributed by atoms with Crippen molar-refractivity contribution in [1.29, 1.82) is 0 Å². The van der Waals surface area contributed by atoms with Crippen LogP contribution < -0.4 is 10.5 Å². The van der Waals surface area contributed by atoms with Crippen LogP contribution in [0, 0.1) is 0 Å². The van der Waals surface area contributed by atoms with Gasteiger partial charge >= 0.3 is 0 Å². The van der Waals surface area contributed by atoms with Crippen LogP contribution in [0.1, 0.15) is 51.1 Å².